The van der Waals surface area contributed by atoms with E-state index in [-0.39, 0.29) is 6.61 Å². The van der Waals surface area contributed by atoms with Crippen LogP contribution in [-0.2, 0) is 4.79 Å². The second-order valence-electron chi connectivity index (χ2n) is 3.93. The van der Waals surface area contributed by atoms with Crippen LogP contribution in [0.3, 0.4) is 0 Å². The molecular weight excluding hydrogens is 190 g/mol. The molecule has 0 unspecified atom stereocenters. The van der Waals surface area contributed by atoms with Gasteiger partial charge in [-0.05, 0) is 30.0 Å². The molecule has 0 saturated heterocycles. The van der Waals surface area contributed by atoms with Crippen molar-refractivity contribution >= 4 is 5.91 Å². The van der Waals surface area contributed by atoms with Gasteiger partial charge in [0, 0.05) is 0 Å². The van der Waals surface area contributed by atoms with Crippen LogP contribution in [0.15, 0.2) is 18.2 Å². The van der Waals surface area contributed by atoms with E-state index in [1.54, 1.807) is 0 Å². The quantitative estimate of drug-likeness (QED) is 0.820. The first kappa shape index (κ1) is 11.6. The highest BCUT2D eigenvalue weighted by Crippen LogP contribution is 2.24. The van der Waals surface area contributed by atoms with Crippen molar-refractivity contribution in [3.63, 3.8) is 0 Å². The fourth-order valence-electron chi connectivity index (χ4n) is 1.28. The monoisotopic (exact) mass is 207 g/mol. The minimum absolute atomic E-state index is 0.0671. The lowest BCUT2D eigenvalue weighted by Crippen LogP contribution is -2.20. The fraction of sp³-hybridized carbons (Fsp3) is 0.417. The van der Waals surface area contributed by atoms with Crippen molar-refractivity contribution in [1.29, 1.82) is 0 Å². The SMILES string of the molecule is Cc1ccc(C(C)C)cc1OCC(N)=O. The minimum atomic E-state index is -0.454. The van der Waals surface area contributed by atoms with Gasteiger partial charge in [-0.15, -0.1) is 0 Å². The Balaban J connectivity index is 2.85. The lowest BCUT2D eigenvalue weighted by molar-refractivity contribution is -0.119. The van der Waals surface area contributed by atoms with Crippen molar-refractivity contribution in [1.82, 2.24) is 0 Å². The molecule has 1 aromatic carbocycles. The summed E-state index contributed by atoms with van der Waals surface area (Å²) < 4.78 is 5.31. The summed E-state index contributed by atoms with van der Waals surface area (Å²) in [6.07, 6.45) is 0. The zero-order valence-corrected chi connectivity index (χ0v) is 9.41. The highest BCUT2D eigenvalue weighted by atomic mass is 16.5. The van der Waals surface area contributed by atoms with Crippen LogP contribution < -0.4 is 10.5 Å². The molecule has 0 heterocycles. The van der Waals surface area contributed by atoms with Crippen molar-refractivity contribution < 1.29 is 9.53 Å². The summed E-state index contributed by atoms with van der Waals surface area (Å²) in [6, 6.07) is 6.02. The third kappa shape index (κ3) is 3.27. The standard InChI is InChI=1S/C12H17NO2/c1-8(2)10-5-4-9(3)11(6-10)15-7-12(13)14/h4-6,8H,7H2,1-3H3,(H2,13,14). The van der Waals surface area contributed by atoms with E-state index in [1.807, 2.05) is 19.1 Å². The van der Waals surface area contributed by atoms with Gasteiger partial charge < -0.3 is 10.5 Å². The van der Waals surface area contributed by atoms with E-state index in [2.05, 4.69) is 19.9 Å². The number of carbonyl (C=O) groups excluding carboxylic acids is 1. The van der Waals surface area contributed by atoms with Gasteiger partial charge in [-0.2, -0.15) is 0 Å². The molecule has 0 aliphatic rings. The molecule has 1 aromatic rings. The number of hydrogen-bond acceptors (Lipinski definition) is 2. The van der Waals surface area contributed by atoms with Gasteiger partial charge in [0.2, 0.25) is 0 Å². The molecule has 2 N–H and O–H groups in total. The molecule has 3 heteroatoms. The number of nitrogens with two attached hydrogens (primary N) is 1. The zero-order chi connectivity index (χ0) is 11.4. The Bertz CT molecular complexity index is 359. The van der Waals surface area contributed by atoms with Gasteiger partial charge in [0.25, 0.3) is 5.91 Å². The smallest absolute Gasteiger partial charge is 0.255 e. The summed E-state index contributed by atoms with van der Waals surface area (Å²) in [7, 11) is 0. The molecule has 0 aromatic heterocycles. The van der Waals surface area contributed by atoms with Gasteiger partial charge in [0.1, 0.15) is 5.75 Å². The summed E-state index contributed by atoms with van der Waals surface area (Å²) in [5, 5.41) is 0. The molecule has 1 amide bonds. The van der Waals surface area contributed by atoms with Gasteiger partial charge >= 0.3 is 0 Å². The van der Waals surface area contributed by atoms with Crippen LogP contribution in [-0.4, -0.2) is 12.5 Å². The number of amides is 1. The van der Waals surface area contributed by atoms with Crippen LogP contribution in [0.25, 0.3) is 0 Å². The van der Waals surface area contributed by atoms with Crippen molar-refractivity contribution in [3.8, 4) is 5.75 Å². The number of carbonyl (C=O) groups is 1. The first-order valence-corrected chi connectivity index (χ1v) is 5.02. The first-order valence-electron chi connectivity index (χ1n) is 5.02. The van der Waals surface area contributed by atoms with Gasteiger partial charge in [0.05, 0.1) is 0 Å². The average molecular weight is 207 g/mol. The van der Waals surface area contributed by atoms with Gasteiger partial charge in [0.15, 0.2) is 6.61 Å². The predicted octanol–water partition coefficient (Wildman–Crippen LogP) is 1.98. The van der Waals surface area contributed by atoms with Crippen molar-refractivity contribution in [2.75, 3.05) is 6.61 Å². The Morgan fingerprint density at radius 1 is 1.47 bits per heavy atom. The molecule has 0 bridgehead atoms. The number of benzene rings is 1. The van der Waals surface area contributed by atoms with Crippen LogP contribution in [0.5, 0.6) is 5.75 Å². The highest BCUT2D eigenvalue weighted by Gasteiger charge is 2.05. The second kappa shape index (κ2) is 4.82. The Kier molecular flexibility index (Phi) is 3.72. The van der Waals surface area contributed by atoms with Crippen molar-refractivity contribution in [3.05, 3.63) is 29.3 Å². The fourth-order valence-corrected chi connectivity index (χ4v) is 1.28. The molecule has 0 atom stereocenters. The zero-order valence-electron chi connectivity index (χ0n) is 9.41. The van der Waals surface area contributed by atoms with Gasteiger partial charge in [-0.1, -0.05) is 26.0 Å². The maximum Gasteiger partial charge on any atom is 0.255 e. The molecule has 0 aliphatic heterocycles. The lowest BCUT2D eigenvalue weighted by atomic mass is 10.0. The summed E-state index contributed by atoms with van der Waals surface area (Å²) in [4.78, 5) is 10.6. The molecule has 0 radical (unpaired) electrons. The van der Waals surface area contributed by atoms with Gasteiger partial charge in [-0.25, -0.2) is 0 Å². The molecule has 0 spiro atoms. The van der Waals surface area contributed by atoms with E-state index >= 15 is 0 Å². The molecule has 1 rings (SSSR count). The molecule has 3 nitrogen and oxygen atoms in total. The Morgan fingerprint density at radius 3 is 2.67 bits per heavy atom. The van der Waals surface area contributed by atoms with Crippen molar-refractivity contribution in [2.24, 2.45) is 5.73 Å². The molecule has 82 valence electrons. The van der Waals surface area contributed by atoms with Crippen molar-refractivity contribution in [2.45, 2.75) is 26.7 Å². The number of primary amides is 1. The molecule has 15 heavy (non-hydrogen) atoms. The van der Waals surface area contributed by atoms with E-state index < -0.39 is 5.91 Å². The maximum absolute atomic E-state index is 10.6. The average Bonchev–Trinajstić information content (AvgIpc) is 2.16. The van der Waals surface area contributed by atoms with Crippen LogP contribution >= 0.6 is 0 Å². The van der Waals surface area contributed by atoms with Crippen LogP contribution in [0.4, 0.5) is 0 Å². The topological polar surface area (TPSA) is 52.3 Å². The largest absolute Gasteiger partial charge is 0.484 e. The lowest BCUT2D eigenvalue weighted by Gasteiger charge is -2.11. The molecular formula is C12H17NO2. The Morgan fingerprint density at radius 2 is 2.13 bits per heavy atom. The third-order valence-corrected chi connectivity index (χ3v) is 2.25. The van der Waals surface area contributed by atoms with E-state index in [4.69, 9.17) is 10.5 Å². The normalized spacial score (nSPS) is 10.4. The third-order valence-electron chi connectivity index (χ3n) is 2.25. The van der Waals surface area contributed by atoms with Crippen LogP contribution in [0.1, 0.15) is 30.9 Å². The van der Waals surface area contributed by atoms with E-state index in [1.165, 1.54) is 5.56 Å². The maximum atomic E-state index is 10.6. The summed E-state index contributed by atoms with van der Waals surface area (Å²) >= 11 is 0. The second-order valence-corrected chi connectivity index (χ2v) is 3.93. The summed E-state index contributed by atoms with van der Waals surface area (Å²) in [6.45, 7) is 6.11. The van der Waals surface area contributed by atoms with E-state index in [0.717, 1.165) is 11.3 Å². The molecule has 0 saturated carbocycles. The number of hydrogen-bond donors (Lipinski definition) is 1. The van der Waals surface area contributed by atoms with E-state index in [9.17, 15) is 4.79 Å². The van der Waals surface area contributed by atoms with Crippen LogP contribution in [0, 0.1) is 6.92 Å². The predicted molar refractivity (Wildman–Crippen MR) is 60.0 cm³/mol. The summed E-state index contributed by atoms with van der Waals surface area (Å²) in [5.41, 5.74) is 7.23. The molecule has 0 fully saturated rings. The van der Waals surface area contributed by atoms with E-state index in [0.29, 0.717) is 5.92 Å². The highest BCUT2D eigenvalue weighted by molar-refractivity contribution is 5.75. The Hall–Kier alpha value is -1.51. The minimum Gasteiger partial charge on any atom is -0.484 e. The Labute approximate surface area is 90.2 Å². The number of aryl methyl sites for hydroxylation is 1. The van der Waals surface area contributed by atoms with Gasteiger partial charge in [-0.3, -0.25) is 4.79 Å². The summed E-state index contributed by atoms with van der Waals surface area (Å²) in [5.74, 6) is 0.728. The van der Waals surface area contributed by atoms with Crippen LogP contribution in [0.2, 0.25) is 0 Å². The molecule has 0 aliphatic carbocycles. The first-order chi connectivity index (χ1) is 7.00. The number of ether oxygens (including phenoxy) is 1. The number of rotatable bonds is 4.